The molecule has 0 amide bonds. The topological polar surface area (TPSA) is 26.3 Å². The Hall–Kier alpha value is -1.57. The van der Waals surface area contributed by atoms with Crippen LogP contribution < -0.4 is 0 Å². The Labute approximate surface area is 89.6 Å². The smallest absolute Gasteiger partial charge is 0.316 e. The Bertz CT molecular complexity index is 390. The van der Waals surface area contributed by atoms with Gasteiger partial charge in [0.1, 0.15) is 11.5 Å². The number of hydrogen-bond donors (Lipinski definition) is 0. The average molecular weight is 202 g/mol. The van der Waals surface area contributed by atoms with Crippen LogP contribution in [0.3, 0.4) is 0 Å². The molecule has 15 heavy (non-hydrogen) atoms. The first kappa shape index (κ1) is 9.97. The number of benzene rings is 1. The number of carbonyl (C=O) groups is 1. The minimum absolute atomic E-state index is 0.0924. The second kappa shape index (κ2) is 3.54. The van der Waals surface area contributed by atoms with E-state index in [9.17, 15) is 4.79 Å². The molecule has 1 aliphatic rings. The molecule has 0 N–H and O–H groups in total. The average Bonchev–Trinajstić information content (AvgIpc) is 2.25. The van der Waals surface area contributed by atoms with Gasteiger partial charge >= 0.3 is 5.97 Å². The van der Waals surface area contributed by atoms with Gasteiger partial charge in [-0.15, -0.1) is 0 Å². The summed E-state index contributed by atoms with van der Waals surface area (Å²) in [7, 11) is 0. The van der Waals surface area contributed by atoms with Crippen molar-refractivity contribution in [3.05, 3.63) is 42.0 Å². The van der Waals surface area contributed by atoms with E-state index in [2.05, 4.69) is 0 Å². The zero-order valence-electron chi connectivity index (χ0n) is 8.94. The van der Waals surface area contributed by atoms with Crippen molar-refractivity contribution in [3.8, 4) is 0 Å². The molecular weight excluding hydrogens is 188 g/mol. The van der Waals surface area contributed by atoms with Crippen LogP contribution in [0.4, 0.5) is 0 Å². The molecule has 0 spiro atoms. The Kier molecular flexibility index (Phi) is 2.35. The summed E-state index contributed by atoms with van der Waals surface area (Å²) in [6.07, 6.45) is 3.83. The fourth-order valence-corrected chi connectivity index (χ4v) is 1.52. The quantitative estimate of drug-likeness (QED) is 0.689. The van der Waals surface area contributed by atoms with Crippen LogP contribution in [-0.4, -0.2) is 12.1 Å². The lowest BCUT2D eigenvalue weighted by Crippen LogP contribution is -2.51. The fourth-order valence-electron chi connectivity index (χ4n) is 1.52. The monoisotopic (exact) mass is 202 g/mol. The highest BCUT2D eigenvalue weighted by atomic mass is 16.6. The van der Waals surface area contributed by atoms with E-state index in [1.807, 2.05) is 56.3 Å². The first-order chi connectivity index (χ1) is 7.10. The first-order valence-electron chi connectivity index (χ1n) is 5.05. The summed E-state index contributed by atoms with van der Waals surface area (Å²) in [6, 6.07) is 9.98. The Balaban J connectivity index is 2.05. The third-order valence-corrected chi connectivity index (χ3v) is 2.73. The van der Waals surface area contributed by atoms with E-state index in [0.29, 0.717) is 0 Å². The molecule has 2 nitrogen and oxygen atoms in total. The second-order valence-electron chi connectivity index (χ2n) is 4.32. The third-order valence-electron chi connectivity index (χ3n) is 2.73. The van der Waals surface area contributed by atoms with E-state index in [4.69, 9.17) is 4.74 Å². The van der Waals surface area contributed by atoms with Crippen LogP contribution in [0.25, 0.3) is 6.08 Å². The van der Waals surface area contributed by atoms with Crippen LogP contribution in [0.1, 0.15) is 19.4 Å². The SMILES string of the molecule is CC1(C)C(=O)OC1/C=C/c1ccccc1. The van der Waals surface area contributed by atoms with Crippen molar-refractivity contribution in [2.24, 2.45) is 5.41 Å². The maximum absolute atomic E-state index is 11.1. The van der Waals surface area contributed by atoms with Crippen molar-refractivity contribution in [1.29, 1.82) is 0 Å². The van der Waals surface area contributed by atoms with Crippen molar-refractivity contribution >= 4 is 12.0 Å². The lowest BCUT2D eigenvalue weighted by atomic mass is 9.81. The summed E-state index contributed by atoms with van der Waals surface area (Å²) in [4.78, 5) is 11.1. The number of carbonyl (C=O) groups excluding carboxylic acids is 1. The maximum Gasteiger partial charge on any atom is 0.316 e. The molecule has 1 aromatic carbocycles. The summed E-state index contributed by atoms with van der Waals surface area (Å²) in [6.45, 7) is 3.80. The van der Waals surface area contributed by atoms with E-state index in [1.165, 1.54) is 0 Å². The van der Waals surface area contributed by atoms with Crippen LogP contribution >= 0.6 is 0 Å². The fraction of sp³-hybridized carbons (Fsp3) is 0.308. The van der Waals surface area contributed by atoms with Crippen LogP contribution in [0.5, 0.6) is 0 Å². The molecule has 2 rings (SSSR count). The number of hydrogen-bond acceptors (Lipinski definition) is 2. The van der Waals surface area contributed by atoms with Gasteiger partial charge in [0.15, 0.2) is 0 Å². The van der Waals surface area contributed by atoms with E-state index >= 15 is 0 Å². The van der Waals surface area contributed by atoms with Gasteiger partial charge in [-0.25, -0.2) is 0 Å². The lowest BCUT2D eigenvalue weighted by molar-refractivity contribution is -0.192. The number of esters is 1. The summed E-state index contributed by atoms with van der Waals surface area (Å²) >= 11 is 0. The van der Waals surface area contributed by atoms with Crippen molar-refractivity contribution in [2.75, 3.05) is 0 Å². The zero-order valence-corrected chi connectivity index (χ0v) is 8.94. The molecule has 0 radical (unpaired) electrons. The molecule has 1 aromatic rings. The molecule has 1 fully saturated rings. The summed E-state index contributed by atoms with van der Waals surface area (Å²) in [5, 5.41) is 0. The van der Waals surface area contributed by atoms with Crippen molar-refractivity contribution in [3.63, 3.8) is 0 Å². The van der Waals surface area contributed by atoms with E-state index in [1.54, 1.807) is 0 Å². The molecule has 78 valence electrons. The van der Waals surface area contributed by atoms with Gasteiger partial charge in [-0.2, -0.15) is 0 Å². The number of cyclic esters (lactones) is 1. The Morgan fingerprint density at radius 3 is 2.47 bits per heavy atom. The molecule has 1 atom stereocenters. The van der Waals surface area contributed by atoms with E-state index < -0.39 is 0 Å². The molecule has 2 heteroatoms. The molecule has 1 heterocycles. The molecule has 1 aliphatic heterocycles. The molecule has 0 aromatic heterocycles. The summed E-state index contributed by atoms with van der Waals surface area (Å²) in [5.41, 5.74) is 0.752. The van der Waals surface area contributed by atoms with Gasteiger partial charge in [0.25, 0.3) is 0 Å². The standard InChI is InChI=1S/C13H14O2/c1-13(2)11(15-12(13)14)9-8-10-6-4-3-5-7-10/h3-9,11H,1-2H3/b9-8+. The zero-order chi connectivity index (χ0) is 10.9. The van der Waals surface area contributed by atoms with Gasteiger partial charge in [0.2, 0.25) is 0 Å². The normalized spacial score (nSPS) is 23.6. The molecular formula is C13H14O2. The lowest BCUT2D eigenvalue weighted by Gasteiger charge is -2.40. The van der Waals surface area contributed by atoms with Gasteiger partial charge in [-0.3, -0.25) is 4.79 Å². The van der Waals surface area contributed by atoms with Crippen LogP contribution in [-0.2, 0) is 9.53 Å². The predicted molar refractivity (Wildman–Crippen MR) is 59.1 cm³/mol. The summed E-state index contributed by atoms with van der Waals surface area (Å²) < 4.78 is 5.05. The number of rotatable bonds is 2. The molecule has 0 aliphatic carbocycles. The highest BCUT2D eigenvalue weighted by Crippen LogP contribution is 2.36. The second-order valence-corrected chi connectivity index (χ2v) is 4.32. The minimum atomic E-state index is -0.370. The van der Waals surface area contributed by atoms with Crippen LogP contribution in [0.2, 0.25) is 0 Å². The molecule has 1 saturated heterocycles. The van der Waals surface area contributed by atoms with Crippen LogP contribution in [0.15, 0.2) is 36.4 Å². The van der Waals surface area contributed by atoms with Crippen LogP contribution in [0, 0.1) is 5.41 Å². The van der Waals surface area contributed by atoms with Crippen molar-refractivity contribution in [1.82, 2.24) is 0 Å². The molecule has 1 unspecified atom stereocenters. The highest BCUT2D eigenvalue weighted by Gasteiger charge is 2.48. The maximum atomic E-state index is 11.1. The van der Waals surface area contributed by atoms with Crippen molar-refractivity contribution < 1.29 is 9.53 Å². The predicted octanol–water partition coefficient (Wildman–Crippen LogP) is 2.65. The highest BCUT2D eigenvalue weighted by molar-refractivity contribution is 5.83. The molecule has 0 bridgehead atoms. The van der Waals surface area contributed by atoms with E-state index in [0.717, 1.165) is 5.56 Å². The van der Waals surface area contributed by atoms with Gasteiger partial charge in [0.05, 0.1) is 0 Å². The Morgan fingerprint density at radius 2 is 1.93 bits per heavy atom. The largest absolute Gasteiger partial charge is 0.456 e. The minimum Gasteiger partial charge on any atom is -0.456 e. The number of ether oxygens (including phenoxy) is 1. The third kappa shape index (κ3) is 1.80. The molecule has 0 saturated carbocycles. The van der Waals surface area contributed by atoms with E-state index in [-0.39, 0.29) is 17.5 Å². The Morgan fingerprint density at radius 1 is 1.27 bits per heavy atom. The van der Waals surface area contributed by atoms with Gasteiger partial charge in [-0.05, 0) is 25.5 Å². The van der Waals surface area contributed by atoms with Gasteiger partial charge < -0.3 is 4.74 Å². The van der Waals surface area contributed by atoms with Crippen molar-refractivity contribution in [2.45, 2.75) is 20.0 Å². The van der Waals surface area contributed by atoms with Gasteiger partial charge in [-0.1, -0.05) is 36.4 Å². The first-order valence-corrected chi connectivity index (χ1v) is 5.05. The van der Waals surface area contributed by atoms with Gasteiger partial charge in [0, 0.05) is 0 Å². The summed E-state index contributed by atoms with van der Waals surface area (Å²) in [5.74, 6) is -0.120.